The van der Waals surface area contributed by atoms with E-state index in [1.807, 2.05) is 32.0 Å². The standard InChI is InChI=1S/C25H27F2NO3/c1-14(2)31-25(30)23-17(5)28(13-18-7-6-8-21(26)24(18)27)22(29)12-20(23)19-11-15(3)9-10-16(19)4/h6-11,14,20H,12-13H2,1-5H3/t20-/m0/s1. The lowest BCUT2D eigenvalue weighted by Gasteiger charge is -2.35. The molecule has 31 heavy (non-hydrogen) atoms. The van der Waals surface area contributed by atoms with Gasteiger partial charge < -0.3 is 9.64 Å². The first kappa shape index (κ1) is 22.7. The third kappa shape index (κ3) is 4.68. The van der Waals surface area contributed by atoms with Crippen molar-refractivity contribution < 1.29 is 23.1 Å². The molecule has 0 spiro atoms. The molecular formula is C25H27F2NO3. The Morgan fingerprint density at radius 3 is 2.55 bits per heavy atom. The normalized spacial score (nSPS) is 16.8. The van der Waals surface area contributed by atoms with E-state index in [1.165, 1.54) is 17.0 Å². The number of carbonyl (C=O) groups is 2. The van der Waals surface area contributed by atoms with E-state index in [0.29, 0.717) is 11.3 Å². The summed E-state index contributed by atoms with van der Waals surface area (Å²) in [5, 5.41) is 0. The first-order valence-electron chi connectivity index (χ1n) is 10.3. The van der Waals surface area contributed by atoms with E-state index in [-0.39, 0.29) is 30.5 Å². The average Bonchev–Trinajstić information content (AvgIpc) is 2.69. The van der Waals surface area contributed by atoms with Crippen LogP contribution in [0.2, 0.25) is 0 Å². The molecular weight excluding hydrogens is 400 g/mol. The van der Waals surface area contributed by atoms with Crippen LogP contribution in [0.15, 0.2) is 47.7 Å². The molecule has 0 aromatic heterocycles. The molecule has 0 saturated heterocycles. The molecule has 6 heteroatoms. The third-order valence-corrected chi connectivity index (χ3v) is 5.56. The van der Waals surface area contributed by atoms with Crippen molar-refractivity contribution in [3.63, 3.8) is 0 Å². The number of aryl methyl sites for hydroxylation is 2. The molecule has 164 valence electrons. The summed E-state index contributed by atoms with van der Waals surface area (Å²) in [6.07, 6.45) is -0.292. The SMILES string of the molecule is CC1=C(C(=O)OC(C)C)[C@H](c2cc(C)ccc2C)CC(=O)N1Cc1cccc(F)c1F. The Morgan fingerprint density at radius 2 is 1.87 bits per heavy atom. The van der Waals surface area contributed by atoms with Gasteiger partial charge >= 0.3 is 5.97 Å². The van der Waals surface area contributed by atoms with Crippen molar-refractivity contribution in [1.29, 1.82) is 0 Å². The molecule has 1 aliphatic rings. The Labute approximate surface area is 181 Å². The molecule has 3 rings (SSSR count). The minimum Gasteiger partial charge on any atom is -0.460 e. The fourth-order valence-corrected chi connectivity index (χ4v) is 3.99. The summed E-state index contributed by atoms with van der Waals surface area (Å²) in [7, 11) is 0. The summed E-state index contributed by atoms with van der Waals surface area (Å²) in [6.45, 7) is 8.91. The van der Waals surface area contributed by atoms with Gasteiger partial charge in [-0.05, 0) is 51.8 Å². The number of halogens is 2. The zero-order valence-electron chi connectivity index (χ0n) is 18.5. The number of hydrogen-bond acceptors (Lipinski definition) is 3. The second-order valence-corrected chi connectivity index (χ2v) is 8.26. The van der Waals surface area contributed by atoms with Crippen molar-refractivity contribution in [1.82, 2.24) is 4.90 Å². The van der Waals surface area contributed by atoms with Gasteiger partial charge in [0, 0.05) is 23.6 Å². The lowest BCUT2D eigenvalue weighted by Crippen LogP contribution is -2.38. The molecule has 0 N–H and O–H groups in total. The molecule has 0 radical (unpaired) electrons. The molecule has 0 bridgehead atoms. The summed E-state index contributed by atoms with van der Waals surface area (Å²) in [5.74, 6) is -3.20. The van der Waals surface area contributed by atoms with Crippen LogP contribution in [0.4, 0.5) is 8.78 Å². The molecule has 0 fully saturated rings. The fourth-order valence-electron chi connectivity index (χ4n) is 3.99. The van der Waals surface area contributed by atoms with Crippen molar-refractivity contribution in [3.8, 4) is 0 Å². The van der Waals surface area contributed by atoms with Gasteiger partial charge in [-0.25, -0.2) is 13.6 Å². The smallest absolute Gasteiger partial charge is 0.336 e. The van der Waals surface area contributed by atoms with E-state index >= 15 is 0 Å². The minimum atomic E-state index is -0.994. The lowest BCUT2D eigenvalue weighted by atomic mass is 9.81. The van der Waals surface area contributed by atoms with Crippen LogP contribution in [0.5, 0.6) is 0 Å². The van der Waals surface area contributed by atoms with Crippen LogP contribution in [-0.4, -0.2) is 22.9 Å². The van der Waals surface area contributed by atoms with E-state index in [0.717, 1.165) is 22.8 Å². The monoisotopic (exact) mass is 427 g/mol. The van der Waals surface area contributed by atoms with Gasteiger partial charge in [0.15, 0.2) is 11.6 Å². The second kappa shape index (κ2) is 9.00. The van der Waals surface area contributed by atoms with Crippen molar-refractivity contribution in [3.05, 3.63) is 81.6 Å². The van der Waals surface area contributed by atoms with Crippen molar-refractivity contribution in [2.45, 2.75) is 59.6 Å². The van der Waals surface area contributed by atoms with E-state index in [9.17, 15) is 18.4 Å². The van der Waals surface area contributed by atoms with Crippen molar-refractivity contribution >= 4 is 11.9 Å². The topological polar surface area (TPSA) is 46.6 Å². The highest BCUT2D eigenvalue weighted by Gasteiger charge is 2.38. The first-order chi connectivity index (χ1) is 14.6. The molecule has 1 atom stereocenters. The van der Waals surface area contributed by atoms with Gasteiger partial charge in [0.1, 0.15) is 0 Å². The maximum atomic E-state index is 14.3. The zero-order valence-corrected chi connectivity index (χ0v) is 18.5. The molecule has 0 aliphatic carbocycles. The van der Waals surface area contributed by atoms with Crippen LogP contribution in [0.3, 0.4) is 0 Å². The summed E-state index contributed by atoms with van der Waals surface area (Å²) in [4.78, 5) is 27.5. The average molecular weight is 427 g/mol. The van der Waals surface area contributed by atoms with Gasteiger partial charge in [-0.15, -0.1) is 0 Å². The van der Waals surface area contributed by atoms with Gasteiger partial charge in [0.25, 0.3) is 0 Å². The first-order valence-corrected chi connectivity index (χ1v) is 10.3. The van der Waals surface area contributed by atoms with E-state index in [1.54, 1.807) is 20.8 Å². The number of ether oxygens (including phenoxy) is 1. The van der Waals surface area contributed by atoms with Gasteiger partial charge in [-0.3, -0.25) is 4.79 Å². The Bertz CT molecular complexity index is 1060. The third-order valence-electron chi connectivity index (χ3n) is 5.56. The fraction of sp³-hybridized carbons (Fsp3) is 0.360. The number of allylic oxidation sites excluding steroid dienone is 1. The molecule has 2 aromatic carbocycles. The molecule has 4 nitrogen and oxygen atoms in total. The molecule has 1 amide bonds. The Hall–Kier alpha value is -3.02. The summed E-state index contributed by atoms with van der Waals surface area (Å²) >= 11 is 0. The van der Waals surface area contributed by atoms with Gasteiger partial charge in [-0.2, -0.15) is 0 Å². The number of esters is 1. The Kier molecular flexibility index (Phi) is 6.58. The number of rotatable bonds is 5. The highest BCUT2D eigenvalue weighted by molar-refractivity contribution is 5.96. The van der Waals surface area contributed by atoms with Gasteiger partial charge in [-0.1, -0.05) is 35.9 Å². The maximum Gasteiger partial charge on any atom is 0.336 e. The highest BCUT2D eigenvalue weighted by Crippen LogP contribution is 2.39. The van der Waals surface area contributed by atoms with Crippen LogP contribution in [0.25, 0.3) is 0 Å². The summed E-state index contributed by atoms with van der Waals surface area (Å²) in [6, 6.07) is 9.78. The van der Waals surface area contributed by atoms with Crippen LogP contribution in [-0.2, 0) is 20.9 Å². The number of nitrogens with zero attached hydrogens (tertiary/aromatic N) is 1. The molecule has 0 saturated carbocycles. The Balaban J connectivity index is 2.11. The molecule has 1 aliphatic heterocycles. The van der Waals surface area contributed by atoms with Crippen molar-refractivity contribution in [2.75, 3.05) is 0 Å². The lowest BCUT2D eigenvalue weighted by molar-refractivity contribution is -0.143. The van der Waals surface area contributed by atoms with Crippen LogP contribution < -0.4 is 0 Å². The van der Waals surface area contributed by atoms with E-state index < -0.39 is 23.5 Å². The predicted octanol–water partition coefficient (Wildman–Crippen LogP) is 5.32. The predicted molar refractivity (Wildman–Crippen MR) is 114 cm³/mol. The number of hydrogen-bond donors (Lipinski definition) is 0. The Morgan fingerprint density at radius 1 is 1.16 bits per heavy atom. The maximum absolute atomic E-state index is 14.3. The zero-order chi connectivity index (χ0) is 22.9. The van der Waals surface area contributed by atoms with E-state index in [4.69, 9.17) is 4.74 Å². The largest absolute Gasteiger partial charge is 0.460 e. The summed E-state index contributed by atoms with van der Waals surface area (Å²) < 4.78 is 33.4. The number of amides is 1. The summed E-state index contributed by atoms with van der Waals surface area (Å²) in [5.41, 5.74) is 3.70. The highest BCUT2D eigenvalue weighted by atomic mass is 19.2. The quantitative estimate of drug-likeness (QED) is 0.607. The molecule has 1 heterocycles. The number of benzene rings is 2. The van der Waals surface area contributed by atoms with Crippen molar-refractivity contribution in [2.24, 2.45) is 0 Å². The van der Waals surface area contributed by atoms with Crippen LogP contribution in [0, 0.1) is 25.5 Å². The van der Waals surface area contributed by atoms with Crippen LogP contribution >= 0.6 is 0 Å². The van der Waals surface area contributed by atoms with Gasteiger partial charge in [0.05, 0.1) is 18.2 Å². The molecule has 2 aromatic rings. The second-order valence-electron chi connectivity index (χ2n) is 8.26. The molecule has 0 unspecified atom stereocenters. The minimum absolute atomic E-state index is 0.0428. The van der Waals surface area contributed by atoms with Crippen LogP contribution in [0.1, 0.15) is 55.4 Å². The van der Waals surface area contributed by atoms with E-state index in [2.05, 4.69) is 0 Å². The number of carbonyl (C=O) groups excluding carboxylic acids is 2. The van der Waals surface area contributed by atoms with Gasteiger partial charge in [0.2, 0.25) is 5.91 Å².